The first-order chi connectivity index (χ1) is 21.8. The van der Waals surface area contributed by atoms with Crippen LogP contribution in [0.15, 0.2) is 41.5 Å². The van der Waals surface area contributed by atoms with Gasteiger partial charge in [-0.3, -0.25) is 14.4 Å². The zero-order valence-corrected chi connectivity index (χ0v) is 29.5. The van der Waals surface area contributed by atoms with Gasteiger partial charge in [-0.2, -0.15) is 0 Å². The number of anilines is 2. The molecule has 0 aliphatic carbocycles. The molecule has 1 aromatic carbocycles. The molecule has 3 saturated heterocycles. The molecule has 8 nitrogen and oxygen atoms in total. The summed E-state index contributed by atoms with van der Waals surface area (Å²) < 4.78 is 23.2. The summed E-state index contributed by atoms with van der Waals surface area (Å²) in [5.41, 5.74) is 2.45. The van der Waals surface area contributed by atoms with Gasteiger partial charge in [0.25, 0.3) is 5.91 Å². The number of allylic oxidation sites excluding steroid dienone is 3. The maximum atomic E-state index is 16.4. The lowest BCUT2D eigenvalue weighted by Crippen LogP contribution is -2.45. The van der Waals surface area contributed by atoms with Gasteiger partial charge in [0.1, 0.15) is 0 Å². The van der Waals surface area contributed by atoms with E-state index in [2.05, 4.69) is 32.9 Å². The van der Waals surface area contributed by atoms with Gasteiger partial charge in [0.05, 0.1) is 30.9 Å². The van der Waals surface area contributed by atoms with Crippen LogP contribution in [0.1, 0.15) is 84.6 Å². The maximum absolute atomic E-state index is 16.4. The molecule has 0 saturated carbocycles. The van der Waals surface area contributed by atoms with E-state index in [1.54, 1.807) is 27.8 Å². The first kappa shape index (κ1) is 34.5. The predicted molar refractivity (Wildman–Crippen MR) is 182 cm³/mol. The Morgan fingerprint density at radius 1 is 1.13 bits per heavy atom. The molecule has 5 rings (SSSR count). The molecule has 1 spiro atoms. The molecular formula is C36H52FN3O5Si. The number of halogens is 1. The third-order valence-corrected chi connectivity index (χ3v) is 13.0. The van der Waals surface area contributed by atoms with Crippen molar-refractivity contribution in [3.63, 3.8) is 0 Å². The van der Waals surface area contributed by atoms with E-state index in [9.17, 15) is 19.5 Å². The minimum atomic E-state index is -3.46. The Bertz CT molecular complexity index is 1400. The molecule has 5 atom stereocenters. The highest BCUT2D eigenvalue weighted by molar-refractivity contribution is 6.72. The standard InChI is InChI=1S/C36H52FN3O5Si/c1-24(2)11-9-12-25(3)17-20-40-30-16-15-27(38-18-8-7-14-32(38)42)21-29(30)36(35(40)44)26(4)34(46(5,6)37)31(45-36)22-33(43)39-19-10-13-28(39)23-41/h11,15-17,21,26,28,31,34,41H,7-10,12-14,18-20,22-23H2,1-6H3/b25-17+/t26-,28-,31+,34-,36+/m0/s1. The van der Waals surface area contributed by atoms with E-state index in [1.165, 1.54) is 11.1 Å². The number of hydrogen-bond donors (Lipinski definition) is 1. The molecule has 10 heteroatoms. The number of nitrogens with zero attached hydrogens (tertiary/aromatic N) is 3. The SMILES string of the molecule is CC(C)=CCC/C(C)=C/CN1C(=O)[C@]2(O[C@H](CC(=O)N3CCC[C@H]3CO)[C@@H]([Si](C)(C)F)[C@@H]2C)c2cc(N3CCCCC3=O)ccc21. The second-order valence-electron chi connectivity index (χ2n) is 14.5. The Hall–Kier alpha value is -2.82. The van der Waals surface area contributed by atoms with Gasteiger partial charge in [0.2, 0.25) is 20.2 Å². The summed E-state index contributed by atoms with van der Waals surface area (Å²) in [6.07, 6.45) is 9.07. The molecule has 0 radical (unpaired) electrons. The van der Waals surface area contributed by atoms with Gasteiger partial charge in [0.15, 0.2) is 5.60 Å². The number of likely N-dealkylation sites (tertiary alicyclic amines) is 1. The van der Waals surface area contributed by atoms with E-state index < -0.39 is 31.6 Å². The quantitative estimate of drug-likeness (QED) is 0.180. The van der Waals surface area contributed by atoms with Crippen molar-refractivity contribution in [2.45, 2.75) is 115 Å². The molecule has 3 fully saturated rings. The largest absolute Gasteiger partial charge is 0.394 e. The van der Waals surface area contributed by atoms with Crippen LogP contribution in [-0.2, 0) is 24.7 Å². The van der Waals surface area contributed by atoms with Crippen LogP contribution in [0, 0.1) is 5.92 Å². The molecule has 1 N–H and O–H groups in total. The molecule has 0 bridgehead atoms. The molecule has 46 heavy (non-hydrogen) atoms. The van der Waals surface area contributed by atoms with Crippen molar-refractivity contribution in [2.24, 2.45) is 5.92 Å². The van der Waals surface area contributed by atoms with Crippen LogP contribution in [0.3, 0.4) is 0 Å². The molecule has 1 aromatic rings. The zero-order valence-electron chi connectivity index (χ0n) is 28.5. The van der Waals surface area contributed by atoms with Crippen LogP contribution in [0.5, 0.6) is 0 Å². The summed E-state index contributed by atoms with van der Waals surface area (Å²) in [5, 5.41) is 9.86. The molecule has 4 aliphatic heterocycles. The number of aliphatic hydroxyl groups is 1. The summed E-state index contributed by atoms with van der Waals surface area (Å²) in [6.45, 7) is 12.8. The van der Waals surface area contributed by atoms with Crippen LogP contribution < -0.4 is 9.80 Å². The first-order valence-electron chi connectivity index (χ1n) is 17.1. The van der Waals surface area contributed by atoms with Crippen molar-refractivity contribution in [3.05, 3.63) is 47.1 Å². The lowest BCUT2D eigenvalue weighted by Gasteiger charge is -2.32. The van der Waals surface area contributed by atoms with Gasteiger partial charge in [-0.05, 0) is 90.6 Å². The number of carbonyl (C=O) groups excluding carboxylic acids is 3. The fourth-order valence-corrected chi connectivity index (χ4v) is 10.7. The number of aliphatic hydroxyl groups excluding tert-OH is 1. The number of benzene rings is 1. The topological polar surface area (TPSA) is 90.4 Å². The van der Waals surface area contributed by atoms with Crippen molar-refractivity contribution in [1.29, 1.82) is 0 Å². The second-order valence-corrected chi connectivity index (χ2v) is 18.3. The second kappa shape index (κ2) is 13.7. The van der Waals surface area contributed by atoms with Crippen LogP contribution >= 0.6 is 0 Å². The highest BCUT2D eigenvalue weighted by atomic mass is 28.4. The Labute approximate surface area is 274 Å². The number of piperidine rings is 1. The molecule has 4 heterocycles. The molecule has 4 aliphatic rings. The summed E-state index contributed by atoms with van der Waals surface area (Å²) >= 11 is 0. The van der Waals surface area contributed by atoms with E-state index in [0.717, 1.165) is 44.2 Å². The van der Waals surface area contributed by atoms with Crippen molar-refractivity contribution < 1.29 is 28.3 Å². The number of ether oxygens (including phenoxy) is 1. The molecule has 0 unspecified atom stereocenters. The Morgan fingerprint density at radius 2 is 1.89 bits per heavy atom. The normalized spacial score (nSPS) is 28.4. The van der Waals surface area contributed by atoms with Crippen LogP contribution in [0.25, 0.3) is 0 Å². The highest BCUT2D eigenvalue weighted by Crippen LogP contribution is 2.60. The van der Waals surface area contributed by atoms with Gasteiger partial charge in [-0.25, -0.2) is 0 Å². The van der Waals surface area contributed by atoms with Crippen molar-refractivity contribution in [3.8, 4) is 0 Å². The van der Waals surface area contributed by atoms with E-state index in [4.69, 9.17) is 4.74 Å². The van der Waals surface area contributed by atoms with Crippen LogP contribution in [0.2, 0.25) is 18.6 Å². The zero-order chi connectivity index (χ0) is 33.4. The average molecular weight is 654 g/mol. The van der Waals surface area contributed by atoms with E-state index in [-0.39, 0.29) is 36.8 Å². The lowest BCUT2D eigenvalue weighted by atomic mass is 9.82. The van der Waals surface area contributed by atoms with Crippen molar-refractivity contribution in [1.82, 2.24) is 4.90 Å². The van der Waals surface area contributed by atoms with Gasteiger partial charge in [-0.15, -0.1) is 0 Å². The first-order valence-corrected chi connectivity index (χ1v) is 20.1. The van der Waals surface area contributed by atoms with Crippen molar-refractivity contribution >= 4 is 37.5 Å². The van der Waals surface area contributed by atoms with Gasteiger partial charge >= 0.3 is 0 Å². The third kappa shape index (κ3) is 6.49. The monoisotopic (exact) mass is 653 g/mol. The number of amides is 3. The summed E-state index contributed by atoms with van der Waals surface area (Å²) in [6, 6.07) is 5.48. The minimum absolute atomic E-state index is 0.0378. The molecular weight excluding hydrogens is 601 g/mol. The highest BCUT2D eigenvalue weighted by Gasteiger charge is 2.67. The lowest BCUT2D eigenvalue weighted by molar-refractivity contribution is -0.149. The minimum Gasteiger partial charge on any atom is -0.394 e. The Morgan fingerprint density at radius 3 is 2.57 bits per heavy atom. The Balaban J connectivity index is 1.54. The van der Waals surface area contributed by atoms with Crippen molar-refractivity contribution in [2.75, 3.05) is 36.0 Å². The van der Waals surface area contributed by atoms with Gasteiger partial charge in [0, 0.05) is 48.8 Å². The fraction of sp³-hybridized carbons (Fsp3) is 0.639. The van der Waals surface area contributed by atoms with Gasteiger partial charge < -0.3 is 28.7 Å². The predicted octanol–water partition coefficient (Wildman–Crippen LogP) is 6.39. The number of rotatable bonds is 10. The number of carbonyl (C=O) groups is 3. The van der Waals surface area contributed by atoms with E-state index in [1.807, 2.05) is 25.1 Å². The molecule has 252 valence electrons. The smallest absolute Gasteiger partial charge is 0.264 e. The van der Waals surface area contributed by atoms with Gasteiger partial charge in [-0.1, -0.05) is 30.2 Å². The Kier molecular flexibility index (Phi) is 10.3. The van der Waals surface area contributed by atoms with E-state index in [0.29, 0.717) is 37.3 Å². The fourth-order valence-electron chi connectivity index (χ4n) is 8.24. The summed E-state index contributed by atoms with van der Waals surface area (Å²) in [7, 11) is -3.46. The number of fused-ring (bicyclic) bond motifs is 2. The molecule has 0 aromatic heterocycles. The summed E-state index contributed by atoms with van der Waals surface area (Å²) in [5.74, 6) is -0.882. The van der Waals surface area contributed by atoms with Crippen LogP contribution in [0.4, 0.5) is 15.5 Å². The van der Waals surface area contributed by atoms with Crippen LogP contribution in [-0.4, -0.2) is 74.5 Å². The molecule has 3 amide bonds. The summed E-state index contributed by atoms with van der Waals surface area (Å²) in [4.78, 5) is 46.6. The average Bonchev–Trinajstić information content (AvgIpc) is 3.65. The van der Waals surface area contributed by atoms with E-state index >= 15 is 4.11 Å². The number of hydrogen-bond acceptors (Lipinski definition) is 5. The maximum Gasteiger partial charge on any atom is 0.264 e. The third-order valence-electron chi connectivity index (χ3n) is 10.6.